The van der Waals surface area contributed by atoms with Gasteiger partial charge in [0, 0.05) is 17.0 Å². The van der Waals surface area contributed by atoms with E-state index < -0.39 is 10.0 Å². The molecule has 4 aromatic rings. The van der Waals surface area contributed by atoms with Crippen LogP contribution < -0.4 is 5.14 Å². The summed E-state index contributed by atoms with van der Waals surface area (Å²) >= 11 is 1.27. The Morgan fingerprint density at radius 3 is 2.52 bits per heavy atom. The van der Waals surface area contributed by atoms with Crippen molar-refractivity contribution in [2.24, 2.45) is 11.1 Å². The van der Waals surface area contributed by atoms with Gasteiger partial charge in [-0.1, -0.05) is 50.2 Å². The van der Waals surface area contributed by atoms with E-state index in [0.29, 0.717) is 18.0 Å². The second-order valence-corrected chi connectivity index (χ2v) is 10.5. The van der Waals surface area contributed by atoms with Gasteiger partial charge in [0.05, 0.1) is 17.4 Å². The van der Waals surface area contributed by atoms with Crippen LogP contribution in [0.15, 0.2) is 65.1 Å². The molecule has 0 radical (unpaired) electrons. The van der Waals surface area contributed by atoms with Crippen molar-refractivity contribution in [3.8, 4) is 11.1 Å². The molecule has 0 fully saturated rings. The molecule has 2 aromatic carbocycles. The molecule has 0 amide bonds. The van der Waals surface area contributed by atoms with Crippen LogP contribution in [0.1, 0.15) is 24.3 Å². The first-order chi connectivity index (χ1) is 13.8. The van der Waals surface area contributed by atoms with E-state index in [1.807, 2.05) is 54.9 Å². The monoisotopic (exact) mass is 425 g/mol. The van der Waals surface area contributed by atoms with Gasteiger partial charge >= 0.3 is 0 Å². The van der Waals surface area contributed by atoms with Crippen molar-refractivity contribution < 1.29 is 8.42 Å². The first-order valence-electron chi connectivity index (χ1n) is 9.46. The fourth-order valence-corrected chi connectivity index (χ4v) is 5.85. The zero-order valence-corrected chi connectivity index (χ0v) is 18.0. The smallest absolute Gasteiger partial charge is 0.248 e. The fourth-order valence-electron chi connectivity index (χ4n) is 3.46. The standard InChI is InChI=1S/C22H23N3O2S2/c1-15(2)11-18-12-19(22(28-18)29(23,26)27)17-9-7-16(8-10-17)13-25-14-24-20-5-3-4-6-21(20)25/h3-10,12,14-15H,11,13H2,1-2H3,(H2,23,26,27). The molecule has 150 valence electrons. The van der Waals surface area contributed by atoms with Crippen LogP contribution in [0, 0.1) is 5.92 Å². The van der Waals surface area contributed by atoms with Crippen LogP contribution in [-0.4, -0.2) is 18.0 Å². The average Bonchev–Trinajstić information content (AvgIpc) is 3.27. The fraction of sp³-hybridized carbons (Fsp3) is 0.227. The Kier molecular flexibility index (Phi) is 5.29. The van der Waals surface area contributed by atoms with E-state index in [-0.39, 0.29) is 4.21 Å². The minimum absolute atomic E-state index is 0.238. The molecule has 0 aliphatic heterocycles. The van der Waals surface area contributed by atoms with E-state index in [0.717, 1.165) is 33.5 Å². The molecular formula is C22H23N3O2S2. The molecule has 0 spiro atoms. The predicted octanol–water partition coefficient (Wildman–Crippen LogP) is 4.66. The van der Waals surface area contributed by atoms with Crippen LogP contribution in [0.2, 0.25) is 0 Å². The number of para-hydroxylation sites is 2. The van der Waals surface area contributed by atoms with Gasteiger partial charge < -0.3 is 4.57 Å². The lowest BCUT2D eigenvalue weighted by molar-refractivity contribution is 0.600. The summed E-state index contributed by atoms with van der Waals surface area (Å²) < 4.78 is 26.6. The highest BCUT2D eigenvalue weighted by Crippen LogP contribution is 2.35. The summed E-state index contributed by atoms with van der Waals surface area (Å²) in [6.07, 6.45) is 2.67. The van der Waals surface area contributed by atoms with Crippen LogP contribution >= 0.6 is 11.3 Å². The van der Waals surface area contributed by atoms with Crippen molar-refractivity contribution in [3.63, 3.8) is 0 Å². The molecule has 2 aromatic heterocycles. The van der Waals surface area contributed by atoms with Gasteiger partial charge in [-0.15, -0.1) is 11.3 Å². The highest BCUT2D eigenvalue weighted by Gasteiger charge is 2.20. The molecule has 0 aliphatic rings. The highest BCUT2D eigenvalue weighted by molar-refractivity contribution is 7.91. The van der Waals surface area contributed by atoms with Crippen molar-refractivity contribution in [1.29, 1.82) is 0 Å². The molecule has 0 bridgehead atoms. The van der Waals surface area contributed by atoms with Crippen molar-refractivity contribution >= 4 is 32.4 Å². The number of hydrogen-bond donors (Lipinski definition) is 1. The summed E-state index contributed by atoms with van der Waals surface area (Å²) in [6, 6.07) is 18.0. The third kappa shape index (κ3) is 4.27. The number of aromatic nitrogens is 2. The Morgan fingerprint density at radius 2 is 1.83 bits per heavy atom. The zero-order chi connectivity index (χ0) is 20.6. The van der Waals surface area contributed by atoms with E-state index >= 15 is 0 Å². The Labute approximate surface area is 174 Å². The third-order valence-electron chi connectivity index (χ3n) is 4.76. The van der Waals surface area contributed by atoms with Gasteiger partial charge in [0.2, 0.25) is 10.0 Å². The lowest BCUT2D eigenvalue weighted by Crippen LogP contribution is -2.11. The first-order valence-corrected chi connectivity index (χ1v) is 11.8. The van der Waals surface area contributed by atoms with E-state index in [4.69, 9.17) is 5.14 Å². The second kappa shape index (κ2) is 7.74. The molecule has 0 atom stereocenters. The number of sulfonamides is 1. The molecule has 2 heterocycles. The van der Waals surface area contributed by atoms with Gasteiger partial charge in [-0.25, -0.2) is 18.5 Å². The number of fused-ring (bicyclic) bond motifs is 1. The van der Waals surface area contributed by atoms with Crippen LogP contribution in [0.25, 0.3) is 22.2 Å². The van der Waals surface area contributed by atoms with Gasteiger partial charge in [0.1, 0.15) is 4.21 Å². The van der Waals surface area contributed by atoms with E-state index in [1.165, 1.54) is 11.3 Å². The summed E-state index contributed by atoms with van der Waals surface area (Å²) in [5.74, 6) is 0.446. The van der Waals surface area contributed by atoms with Gasteiger partial charge in [-0.2, -0.15) is 0 Å². The average molecular weight is 426 g/mol. The summed E-state index contributed by atoms with van der Waals surface area (Å²) in [4.78, 5) is 5.46. The molecule has 0 saturated heterocycles. The van der Waals surface area contributed by atoms with Gasteiger partial charge in [-0.05, 0) is 41.7 Å². The zero-order valence-electron chi connectivity index (χ0n) is 16.4. The molecule has 5 nitrogen and oxygen atoms in total. The van der Waals surface area contributed by atoms with Crippen LogP contribution in [0.4, 0.5) is 0 Å². The Balaban J connectivity index is 1.65. The maximum absolute atomic E-state index is 12.1. The number of benzene rings is 2. The lowest BCUT2D eigenvalue weighted by Gasteiger charge is -2.07. The van der Waals surface area contributed by atoms with Crippen LogP contribution in [-0.2, 0) is 23.0 Å². The predicted molar refractivity (Wildman–Crippen MR) is 119 cm³/mol. The summed E-state index contributed by atoms with van der Waals surface area (Å²) in [7, 11) is -3.77. The number of nitrogens with two attached hydrogens (primary N) is 1. The highest BCUT2D eigenvalue weighted by atomic mass is 32.2. The van der Waals surface area contributed by atoms with E-state index in [9.17, 15) is 8.42 Å². The third-order valence-corrected chi connectivity index (χ3v) is 7.40. The van der Waals surface area contributed by atoms with Crippen LogP contribution in [0.3, 0.4) is 0 Å². The first kappa shape index (κ1) is 19.8. The quantitative estimate of drug-likeness (QED) is 0.488. The molecule has 2 N–H and O–H groups in total. The minimum atomic E-state index is -3.77. The Bertz CT molecular complexity index is 1250. The van der Waals surface area contributed by atoms with Crippen molar-refractivity contribution in [2.45, 2.75) is 31.0 Å². The van der Waals surface area contributed by atoms with E-state index in [1.54, 1.807) is 0 Å². The SMILES string of the molecule is CC(C)Cc1cc(-c2ccc(Cn3cnc4ccccc43)cc2)c(S(N)(=O)=O)s1. The maximum atomic E-state index is 12.1. The number of imidazole rings is 1. The van der Waals surface area contributed by atoms with Crippen molar-refractivity contribution in [1.82, 2.24) is 9.55 Å². The van der Waals surface area contributed by atoms with Crippen LogP contribution in [0.5, 0.6) is 0 Å². The number of rotatable bonds is 6. The van der Waals surface area contributed by atoms with Gasteiger partial charge in [0.25, 0.3) is 0 Å². The maximum Gasteiger partial charge on any atom is 0.248 e. The molecule has 0 unspecified atom stereocenters. The van der Waals surface area contributed by atoms with Gasteiger partial charge in [-0.3, -0.25) is 0 Å². The molecule has 29 heavy (non-hydrogen) atoms. The Morgan fingerprint density at radius 1 is 1.10 bits per heavy atom. The Hall–Kier alpha value is -2.48. The largest absolute Gasteiger partial charge is 0.326 e. The van der Waals surface area contributed by atoms with Crippen molar-refractivity contribution in [3.05, 3.63) is 71.4 Å². The van der Waals surface area contributed by atoms with E-state index in [2.05, 4.69) is 29.5 Å². The second-order valence-electron chi connectivity index (χ2n) is 7.61. The molecule has 0 aliphatic carbocycles. The summed E-state index contributed by atoms with van der Waals surface area (Å²) in [5.41, 5.74) is 4.72. The lowest BCUT2D eigenvalue weighted by atomic mass is 10.0. The number of hydrogen-bond acceptors (Lipinski definition) is 4. The number of primary sulfonamides is 1. The molecule has 7 heteroatoms. The summed E-state index contributed by atoms with van der Waals surface area (Å²) in [5, 5.41) is 5.48. The molecular weight excluding hydrogens is 402 g/mol. The van der Waals surface area contributed by atoms with Gasteiger partial charge in [0.15, 0.2) is 0 Å². The summed E-state index contributed by atoms with van der Waals surface area (Å²) in [6.45, 7) is 4.93. The molecule has 0 saturated carbocycles. The topological polar surface area (TPSA) is 78.0 Å². The minimum Gasteiger partial charge on any atom is -0.326 e. The number of thiophene rings is 1. The molecule has 4 rings (SSSR count). The number of nitrogens with zero attached hydrogens (tertiary/aromatic N) is 2. The van der Waals surface area contributed by atoms with Crippen molar-refractivity contribution in [2.75, 3.05) is 0 Å². The normalized spacial score (nSPS) is 12.1.